The Hall–Kier alpha value is -2.98. The molecule has 1 aliphatic heterocycles. The van der Waals surface area contributed by atoms with Gasteiger partial charge in [0.05, 0.1) is 11.3 Å². The Morgan fingerprint density at radius 1 is 1.14 bits per heavy atom. The zero-order valence-corrected chi connectivity index (χ0v) is 22.9. The Morgan fingerprint density at radius 3 is 2.59 bits per heavy atom. The molecule has 1 fully saturated rings. The van der Waals surface area contributed by atoms with Crippen molar-refractivity contribution >= 4 is 49.6 Å². The molecule has 2 N–H and O–H groups in total. The molecule has 0 saturated carbocycles. The van der Waals surface area contributed by atoms with Crippen LogP contribution in [0, 0.1) is 5.41 Å². The number of piperidine rings is 1. The number of carbonyl (C=O) groups is 3. The second kappa shape index (κ2) is 11.6. The summed E-state index contributed by atoms with van der Waals surface area (Å²) in [6.07, 6.45) is 3.48. The lowest BCUT2D eigenvalue weighted by Gasteiger charge is -2.32. The number of rotatable bonds is 7. The number of ether oxygens (including phenoxy) is 1. The molecule has 0 bridgehead atoms. The third kappa shape index (κ3) is 6.67. The maximum atomic E-state index is 12.6. The number of likely N-dealkylation sites (tertiary alicyclic amines) is 1. The molecule has 2 aromatic carbocycles. The van der Waals surface area contributed by atoms with Gasteiger partial charge >= 0.3 is 6.09 Å². The molecular weight excluding hydrogens is 508 g/mol. The van der Waals surface area contributed by atoms with E-state index in [2.05, 4.69) is 17.2 Å². The SMILES string of the molecule is CC(C)(C)C(=O)SSCCOC(=O)N1CCC[C@@H](c2ccc(-n3cc4cccc(C(N)=O)c4n3)cc2)C1. The van der Waals surface area contributed by atoms with Gasteiger partial charge < -0.3 is 15.4 Å². The highest BCUT2D eigenvalue weighted by Gasteiger charge is 2.26. The Morgan fingerprint density at radius 2 is 1.89 bits per heavy atom. The van der Waals surface area contributed by atoms with Gasteiger partial charge in [-0.2, -0.15) is 5.10 Å². The molecule has 1 atom stereocenters. The molecule has 4 rings (SSSR count). The van der Waals surface area contributed by atoms with Gasteiger partial charge in [-0.3, -0.25) is 9.59 Å². The molecule has 2 amide bonds. The van der Waals surface area contributed by atoms with Gasteiger partial charge in [0.15, 0.2) is 0 Å². The third-order valence-corrected chi connectivity index (χ3v) is 8.77. The Kier molecular flexibility index (Phi) is 8.49. The van der Waals surface area contributed by atoms with Gasteiger partial charge in [-0.1, -0.05) is 55.8 Å². The maximum Gasteiger partial charge on any atom is 0.409 e. The van der Waals surface area contributed by atoms with Crippen LogP contribution in [0.5, 0.6) is 0 Å². The van der Waals surface area contributed by atoms with Crippen LogP contribution in [-0.2, 0) is 9.53 Å². The number of primary amides is 1. The molecule has 2 heterocycles. The van der Waals surface area contributed by atoms with E-state index in [0.717, 1.165) is 29.5 Å². The summed E-state index contributed by atoms with van der Waals surface area (Å²) in [5, 5.41) is 5.53. The fraction of sp³-hybridized carbons (Fsp3) is 0.407. The Labute approximate surface area is 224 Å². The Bertz CT molecular complexity index is 1280. The summed E-state index contributed by atoms with van der Waals surface area (Å²) in [7, 11) is 2.64. The molecule has 0 spiro atoms. The van der Waals surface area contributed by atoms with Crippen LogP contribution in [0.1, 0.15) is 55.5 Å². The van der Waals surface area contributed by atoms with Gasteiger partial charge in [-0.15, -0.1) is 0 Å². The number of hydrogen-bond donors (Lipinski definition) is 1. The number of amides is 2. The molecular formula is C27H32N4O4S2. The second-order valence-electron chi connectivity index (χ2n) is 10.1. The summed E-state index contributed by atoms with van der Waals surface area (Å²) in [6, 6.07) is 13.5. The zero-order valence-electron chi connectivity index (χ0n) is 21.3. The molecule has 37 heavy (non-hydrogen) atoms. The van der Waals surface area contributed by atoms with Crippen molar-refractivity contribution in [2.45, 2.75) is 39.5 Å². The van der Waals surface area contributed by atoms with Crippen molar-refractivity contribution in [1.29, 1.82) is 0 Å². The average Bonchev–Trinajstić information content (AvgIpc) is 3.32. The van der Waals surface area contributed by atoms with Crippen LogP contribution in [-0.4, -0.2) is 57.2 Å². The molecule has 3 aromatic rings. The van der Waals surface area contributed by atoms with Crippen LogP contribution in [0.15, 0.2) is 48.7 Å². The highest BCUT2D eigenvalue weighted by Crippen LogP contribution is 2.32. The lowest BCUT2D eigenvalue weighted by molar-refractivity contribution is -0.117. The normalized spacial score (nSPS) is 16.1. The molecule has 1 saturated heterocycles. The third-order valence-electron chi connectivity index (χ3n) is 6.25. The van der Waals surface area contributed by atoms with Crippen LogP contribution in [0.25, 0.3) is 16.6 Å². The average molecular weight is 541 g/mol. The topological polar surface area (TPSA) is 108 Å². The van der Waals surface area contributed by atoms with E-state index in [0.29, 0.717) is 29.9 Å². The van der Waals surface area contributed by atoms with E-state index >= 15 is 0 Å². The Balaban J connectivity index is 1.32. The zero-order chi connectivity index (χ0) is 26.6. The van der Waals surface area contributed by atoms with Crippen molar-refractivity contribution in [2.24, 2.45) is 11.1 Å². The quantitative estimate of drug-likeness (QED) is 0.316. The number of aromatic nitrogens is 2. The predicted octanol–water partition coefficient (Wildman–Crippen LogP) is 5.39. The number of nitrogens with zero attached hydrogens (tertiary/aromatic N) is 3. The van der Waals surface area contributed by atoms with Crippen molar-refractivity contribution in [3.05, 3.63) is 59.8 Å². The predicted molar refractivity (Wildman–Crippen MR) is 149 cm³/mol. The standard InChI is InChI=1S/C27H32N4O4S2/c1-27(2,3)25(33)37-36-15-14-35-26(34)30-13-5-7-19(16-30)18-9-11-21(12-10-18)31-17-20-6-4-8-22(24(28)32)23(20)29-31/h4,6,8-12,17,19H,5,7,13-16H2,1-3H3,(H2,28,32)/t19-/m1/s1. The van der Waals surface area contributed by atoms with E-state index < -0.39 is 5.91 Å². The summed E-state index contributed by atoms with van der Waals surface area (Å²) in [5.41, 5.74) is 8.13. The lowest BCUT2D eigenvalue weighted by Crippen LogP contribution is -2.39. The monoisotopic (exact) mass is 540 g/mol. The first-order valence-corrected chi connectivity index (χ1v) is 14.6. The van der Waals surface area contributed by atoms with Crippen LogP contribution in [0.2, 0.25) is 0 Å². The van der Waals surface area contributed by atoms with Crippen molar-refractivity contribution in [3.63, 3.8) is 0 Å². The first-order chi connectivity index (χ1) is 17.6. The number of hydrogen-bond acceptors (Lipinski definition) is 7. The highest BCUT2D eigenvalue weighted by molar-refractivity contribution is 8.82. The van der Waals surface area contributed by atoms with Crippen molar-refractivity contribution in [1.82, 2.24) is 14.7 Å². The maximum absolute atomic E-state index is 12.6. The minimum absolute atomic E-state index is 0.116. The highest BCUT2D eigenvalue weighted by atomic mass is 33.1. The lowest BCUT2D eigenvalue weighted by atomic mass is 9.91. The van der Waals surface area contributed by atoms with Crippen molar-refractivity contribution in [2.75, 3.05) is 25.4 Å². The number of nitrogens with two attached hydrogens (primary N) is 1. The summed E-state index contributed by atoms with van der Waals surface area (Å²) in [4.78, 5) is 38.1. The van der Waals surface area contributed by atoms with E-state index in [4.69, 9.17) is 10.5 Å². The minimum Gasteiger partial charge on any atom is -0.449 e. The van der Waals surface area contributed by atoms with Crippen LogP contribution in [0.4, 0.5) is 4.79 Å². The van der Waals surface area contributed by atoms with Gasteiger partial charge in [0.2, 0.25) is 5.12 Å². The summed E-state index contributed by atoms with van der Waals surface area (Å²) in [5.74, 6) is 0.294. The minimum atomic E-state index is -0.500. The van der Waals surface area contributed by atoms with Crippen LogP contribution >= 0.6 is 21.6 Å². The first-order valence-electron chi connectivity index (χ1n) is 12.3. The first kappa shape index (κ1) is 27.1. The van der Waals surface area contributed by atoms with Crippen LogP contribution in [0.3, 0.4) is 0 Å². The molecule has 0 radical (unpaired) electrons. The largest absolute Gasteiger partial charge is 0.449 e. The summed E-state index contributed by atoms with van der Waals surface area (Å²) < 4.78 is 7.21. The molecule has 8 nitrogen and oxygen atoms in total. The number of fused-ring (bicyclic) bond motifs is 1. The van der Waals surface area contributed by atoms with Gasteiger partial charge in [-0.25, -0.2) is 9.48 Å². The van der Waals surface area contributed by atoms with Gasteiger partial charge in [0.25, 0.3) is 5.91 Å². The fourth-order valence-corrected chi connectivity index (χ4v) is 6.28. The van der Waals surface area contributed by atoms with E-state index in [1.807, 2.05) is 45.2 Å². The number of carbonyl (C=O) groups excluding carboxylic acids is 3. The van der Waals surface area contributed by atoms with Gasteiger partial charge in [0, 0.05) is 41.8 Å². The number of benzene rings is 2. The van der Waals surface area contributed by atoms with E-state index in [1.165, 1.54) is 21.6 Å². The van der Waals surface area contributed by atoms with Crippen molar-refractivity contribution in [3.8, 4) is 5.69 Å². The van der Waals surface area contributed by atoms with E-state index in [-0.39, 0.29) is 29.1 Å². The molecule has 1 aromatic heterocycles. The van der Waals surface area contributed by atoms with E-state index in [1.54, 1.807) is 21.7 Å². The van der Waals surface area contributed by atoms with E-state index in [9.17, 15) is 14.4 Å². The smallest absolute Gasteiger partial charge is 0.409 e. The molecule has 196 valence electrons. The molecule has 1 aliphatic rings. The molecule has 0 aliphatic carbocycles. The molecule has 0 unspecified atom stereocenters. The fourth-order valence-electron chi connectivity index (χ4n) is 4.17. The summed E-state index contributed by atoms with van der Waals surface area (Å²) >= 11 is 0. The van der Waals surface area contributed by atoms with Crippen molar-refractivity contribution < 1.29 is 19.1 Å². The summed E-state index contributed by atoms with van der Waals surface area (Å²) in [6.45, 7) is 7.24. The molecule has 10 heteroatoms. The van der Waals surface area contributed by atoms with Gasteiger partial charge in [0.1, 0.15) is 12.1 Å². The van der Waals surface area contributed by atoms with Crippen LogP contribution < -0.4 is 5.73 Å². The second-order valence-corrected chi connectivity index (χ2v) is 12.5. The van der Waals surface area contributed by atoms with Gasteiger partial charge in [-0.05, 0) is 47.4 Å².